The highest BCUT2D eigenvalue weighted by atomic mass is 127. The van der Waals surface area contributed by atoms with Gasteiger partial charge in [-0.15, -0.1) is 24.0 Å². The first-order valence-corrected chi connectivity index (χ1v) is 7.62. The number of guanidine groups is 1. The molecular formula is C17H28IN3. The third kappa shape index (κ3) is 4.87. The molecule has 0 unspecified atom stereocenters. The lowest BCUT2D eigenvalue weighted by molar-refractivity contribution is 0.337. The molecule has 0 bridgehead atoms. The molecule has 0 aliphatic carbocycles. The molecule has 21 heavy (non-hydrogen) atoms. The van der Waals surface area contributed by atoms with Crippen LogP contribution in [0.2, 0.25) is 0 Å². The summed E-state index contributed by atoms with van der Waals surface area (Å²) in [6.07, 6.45) is 3.79. The average Bonchev–Trinajstić information content (AvgIpc) is 2.46. The summed E-state index contributed by atoms with van der Waals surface area (Å²) < 4.78 is 0. The third-order valence-electron chi connectivity index (χ3n) is 4.19. The fraction of sp³-hybridized carbons (Fsp3) is 0.588. The fourth-order valence-electron chi connectivity index (χ4n) is 2.92. The first-order chi connectivity index (χ1) is 9.50. The van der Waals surface area contributed by atoms with E-state index in [1.807, 2.05) is 0 Å². The van der Waals surface area contributed by atoms with Crippen molar-refractivity contribution in [2.24, 2.45) is 10.7 Å². The zero-order chi connectivity index (χ0) is 14.6. The number of aliphatic imine (C=N–C) groups is 1. The Balaban J connectivity index is 0.00000220. The van der Waals surface area contributed by atoms with Crippen molar-refractivity contribution in [1.82, 2.24) is 4.90 Å². The van der Waals surface area contributed by atoms with Gasteiger partial charge in [-0.2, -0.15) is 0 Å². The van der Waals surface area contributed by atoms with Gasteiger partial charge in [-0.25, -0.2) is 0 Å². The van der Waals surface area contributed by atoms with E-state index in [1.165, 1.54) is 30.4 Å². The molecule has 4 heteroatoms. The predicted molar refractivity (Wildman–Crippen MR) is 102 cm³/mol. The zero-order valence-electron chi connectivity index (χ0n) is 13.4. The van der Waals surface area contributed by atoms with Gasteiger partial charge in [0.05, 0.1) is 6.54 Å². The van der Waals surface area contributed by atoms with Crippen molar-refractivity contribution in [3.05, 3.63) is 35.4 Å². The minimum absolute atomic E-state index is 0. The van der Waals surface area contributed by atoms with Gasteiger partial charge in [-0.3, -0.25) is 4.99 Å². The Morgan fingerprint density at radius 2 is 1.81 bits per heavy atom. The largest absolute Gasteiger partial charge is 0.370 e. The summed E-state index contributed by atoms with van der Waals surface area (Å²) in [6, 6.07) is 8.54. The van der Waals surface area contributed by atoms with Crippen LogP contribution >= 0.6 is 24.0 Å². The Hall–Kier alpha value is -0.780. The summed E-state index contributed by atoms with van der Waals surface area (Å²) in [5.74, 6) is 0.714. The molecule has 1 saturated heterocycles. The summed E-state index contributed by atoms with van der Waals surface area (Å²) in [5, 5.41) is 0. The Kier molecular flexibility index (Phi) is 6.97. The Morgan fingerprint density at radius 3 is 2.43 bits per heavy atom. The molecule has 1 heterocycles. The van der Waals surface area contributed by atoms with Gasteiger partial charge in [-0.1, -0.05) is 38.1 Å². The first-order valence-electron chi connectivity index (χ1n) is 7.62. The van der Waals surface area contributed by atoms with E-state index in [0.717, 1.165) is 19.6 Å². The van der Waals surface area contributed by atoms with Crippen LogP contribution in [0.5, 0.6) is 0 Å². The standard InChI is InChI=1S/C17H27N3.HI/c1-14-9-5-6-10-15(14)17(2,3)13-19-16(18)20-11-7-4-8-12-20;/h5-6,9-10H,4,7-8,11-13H2,1-3H3,(H2,18,19);1H. The van der Waals surface area contributed by atoms with Gasteiger partial charge in [0.1, 0.15) is 0 Å². The van der Waals surface area contributed by atoms with Gasteiger partial charge < -0.3 is 10.6 Å². The van der Waals surface area contributed by atoms with E-state index in [2.05, 4.69) is 54.9 Å². The highest BCUT2D eigenvalue weighted by molar-refractivity contribution is 14.0. The molecule has 1 fully saturated rings. The summed E-state index contributed by atoms with van der Waals surface area (Å²) in [6.45, 7) is 9.49. The molecule has 1 aliphatic rings. The summed E-state index contributed by atoms with van der Waals surface area (Å²) in [4.78, 5) is 6.88. The van der Waals surface area contributed by atoms with E-state index < -0.39 is 0 Å². The smallest absolute Gasteiger partial charge is 0.191 e. The first kappa shape index (κ1) is 18.3. The van der Waals surface area contributed by atoms with Gasteiger partial charge in [0.15, 0.2) is 5.96 Å². The van der Waals surface area contributed by atoms with Crippen molar-refractivity contribution >= 4 is 29.9 Å². The number of aryl methyl sites for hydroxylation is 1. The number of rotatable bonds is 3. The fourth-order valence-corrected chi connectivity index (χ4v) is 2.92. The van der Waals surface area contributed by atoms with Crippen molar-refractivity contribution in [3.63, 3.8) is 0 Å². The minimum atomic E-state index is 0. The van der Waals surface area contributed by atoms with Crippen molar-refractivity contribution in [1.29, 1.82) is 0 Å². The van der Waals surface area contributed by atoms with Crippen LogP contribution in [0.3, 0.4) is 0 Å². The number of piperidine rings is 1. The molecule has 1 aliphatic heterocycles. The second-order valence-electron chi connectivity index (χ2n) is 6.42. The number of hydrogen-bond acceptors (Lipinski definition) is 1. The molecule has 118 valence electrons. The second-order valence-corrected chi connectivity index (χ2v) is 6.42. The van der Waals surface area contributed by atoms with Gasteiger partial charge in [-0.05, 0) is 37.3 Å². The second kappa shape index (κ2) is 8.01. The number of halogens is 1. The maximum Gasteiger partial charge on any atom is 0.191 e. The van der Waals surface area contributed by atoms with Gasteiger partial charge >= 0.3 is 0 Å². The molecule has 0 saturated carbocycles. The van der Waals surface area contributed by atoms with Crippen LogP contribution in [0, 0.1) is 6.92 Å². The lowest BCUT2D eigenvalue weighted by Gasteiger charge is -2.29. The van der Waals surface area contributed by atoms with Crippen molar-refractivity contribution in [2.45, 2.75) is 45.4 Å². The molecule has 0 atom stereocenters. The van der Waals surface area contributed by atoms with E-state index in [9.17, 15) is 0 Å². The average molecular weight is 401 g/mol. The maximum absolute atomic E-state index is 6.15. The highest BCUT2D eigenvalue weighted by Crippen LogP contribution is 2.26. The van der Waals surface area contributed by atoms with E-state index in [-0.39, 0.29) is 29.4 Å². The predicted octanol–water partition coefficient (Wildman–Crippen LogP) is 3.69. The molecule has 1 aromatic rings. The molecule has 0 aromatic heterocycles. The SMILES string of the molecule is Cc1ccccc1C(C)(C)CN=C(N)N1CCCCC1.I. The van der Waals surface area contributed by atoms with E-state index in [4.69, 9.17) is 5.73 Å². The van der Waals surface area contributed by atoms with Crippen LogP contribution in [0.15, 0.2) is 29.3 Å². The summed E-state index contributed by atoms with van der Waals surface area (Å²) in [7, 11) is 0. The molecular weight excluding hydrogens is 373 g/mol. The van der Waals surface area contributed by atoms with E-state index in [0.29, 0.717) is 5.96 Å². The minimum Gasteiger partial charge on any atom is -0.370 e. The van der Waals surface area contributed by atoms with Crippen molar-refractivity contribution in [2.75, 3.05) is 19.6 Å². The van der Waals surface area contributed by atoms with Crippen molar-refractivity contribution < 1.29 is 0 Å². The van der Waals surface area contributed by atoms with Crippen LogP contribution in [0.1, 0.15) is 44.2 Å². The van der Waals surface area contributed by atoms with Crippen molar-refractivity contribution in [3.8, 4) is 0 Å². The van der Waals surface area contributed by atoms with E-state index in [1.54, 1.807) is 0 Å². The zero-order valence-corrected chi connectivity index (χ0v) is 15.8. The Labute approximate surface area is 146 Å². The molecule has 2 rings (SSSR count). The topological polar surface area (TPSA) is 41.6 Å². The lowest BCUT2D eigenvalue weighted by Crippen LogP contribution is -2.41. The van der Waals surface area contributed by atoms with Gasteiger partial charge in [0, 0.05) is 18.5 Å². The molecule has 0 radical (unpaired) electrons. The van der Waals surface area contributed by atoms with Crippen LogP contribution in [0.25, 0.3) is 0 Å². The third-order valence-corrected chi connectivity index (χ3v) is 4.19. The number of nitrogens with zero attached hydrogens (tertiary/aromatic N) is 2. The van der Waals surface area contributed by atoms with Crippen LogP contribution in [0.4, 0.5) is 0 Å². The number of hydrogen-bond donors (Lipinski definition) is 1. The quantitative estimate of drug-likeness (QED) is 0.477. The van der Waals surface area contributed by atoms with Crippen LogP contribution in [-0.2, 0) is 5.41 Å². The van der Waals surface area contributed by atoms with Crippen LogP contribution < -0.4 is 5.73 Å². The lowest BCUT2D eigenvalue weighted by atomic mass is 9.82. The van der Waals surface area contributed by atoms with Gasteiger partial charge in [0.2, 0.25) is 0 Å². The van der Waals surface area contributed by atoms with Gasteiger partial charge in [0.25, 0.3) is 0 Å². The molecule has 3 nitrogen and oxygen atoms in total. The summed E-state index contributed by atoms with van der Waals surface area (Å²) in [5.41, 5.74) is 8.85. The highest BCUT2D eigenvalue weighted by Gasteiger charge is 2.22. The molecule has 1 aromatic carbocycles. The monoisotopic (exact) mass is 401 g/mol. The Bertz CT molecular complexity index is 477. The maximum atomic E-state index is 6.15. The normalized spacial score (nSPS) is 16.5. The molecule has 0 amide bonds. The molecule has 2 N–H and O–H groups in total. The Morgan fingerprint density at radius 1 is 1.19 bits per heavy atom. The summed E-state index contributed by atoms with van der Waals surface area (Å²) >= 11 is 0. The van der Waals surface area contributed by atoms with Crippen LogP contribution in [-0.4, -0.2) is 30.5 Å². The number of likely N-dealkylation sites (tertiary alicyclic amines) is 1. The number of nitrogens with two attached hydrogens (primary N) is 1. The number of benzene rings is 1. The van der Waals surface area contributed by atoms with E-state index >= 15 is 0 Å². The molecule has 0 spiro atoms.